The predicted molar refractivity (Wildman–Crippen MR) is 85.4 cm³/mol. The fraction of sp³-hybridized carbons (Fsp3) is 0.462. The van der Waals surface area contributed by atoms with Crippen molar-refractivity contribution in [2.45, 2.75) is 21.5 Å². The van der Waals surface area contributed by atoms with Gasteiger partial charge in [-0.25, -0.2) is 4.79 Å². The molecule has 1 aliphatic heterocycles. The number of carbonyl (C=O) groups is 1. The molecule has 0 bridgehead atoms. The molecule has 0 saturated carbocycles. The Morgan fingerprint density at radius 3 is 2.39 bits per heavy atom. The van der Waals surface area contributed by atoms with Crippen LogP contribution in [0, 0.1) is 0 Å². The van der Waals surface area contributed by atoms with Crippen LogP contribution in [0.4, 0.5) is 8.68 Å². The summed E-state index contributed by atoms with van der Waals surface area (Å²) in [5.41, 5.74) is 1.54. The van der Waals surface area contributed by atoms with Crippen LogP contribution < -0.4 is 0 Å². The predicted octanol–water partition coefficient (Wildman–Crippen LogP) is 3.25. The molecular weight excluding hydrogens is 392 g/mol. The Morgan fingerprint density at radius 1 is 1.22 bits per heavy atom. The highest BCUT2D eigenvalue weighted by molar-refractivity contribution is 7.86. The van der Waals surface area contributed by atoms with Crippen LogP contribution in [-0.4, -0.2) is 42.9 Å². The van der Waals surface area contributed by atoms with Gasteiger partial charge in [0, 0.05) is 13.1 Å². The van der Waals surface area contributed by atoms with Gasteiger partial charge in [-0.2, -0.15) is 8.42 Å². The molecule has 0 atom stereocenters. The molecular formula is C13H13Cl3FNO4S. The van der Waals surface area contributed by atoms with Gasteiger partial charge in [-0.15, -0.1) is 3.89 Å². The number of halogens is 4. The Kier molecular flexibility index (Phi) is 5.66. The van der Waals surface area contributed by atoms with Gasteiger partial charge >= 0.3 is 16.3 Å². The lowest BCUT2D eigenvalue weighted by molar-refractivity contribution is 0.106. The number of benzene rings is 1. The second-order valence-electron chi connectivity index (χ2n) is 5.03. The van der Waals surface area contributed by atoms with E-state index in [-0.39, 0.29) is 11.5 Å². The van der Waals surface area contributed by atoms with E-state index >= 15 is 0 Å². The summed E-state index contributed by atoms with van der Waals surface area (Å²) in [7, 11) is -4.75. The number of rotatable bonds is 2. The molecule has 0 N–H and O–H groups in total. The summed E-state index contributed by atoms with van der Waals surface area (Å²) >= 11 is 16.6. The monoisotopic (exact) mass is 403 g/mol. The molecule has 0 fully saturated rings. The first kappa shape index (κ1) is 18.6. The maximum Gasteiger partial charge on any atom is 0.409 e. The van der Waals surface area contributed by atoms with Crippen LogP contribution in [0.2, 0.25) is 0 Å². The Bertz CT molecular complexity index is 706. The maximum absolute atomic E-state index is 13.1. The lowest BCUT2D eigenvalue weighted by Gasteiger charge is -2.21. The largest absolute Gasteiger partial charge is 0.445 e. The van der Waals surface area contributed by atoms with Crippen LogP contribution in [0.1, 0.15) is 11.1 Å². The van der Waals surface area contributed by atoms with Gasteiger partial charge in [0.05, 0.1) is 4.90 Å². The molecule has 2 rings (SSSR count). The molecule has 128 valence electrons. The molecule has 0 radical (unpaired) electrons. The number of carbonyl (C=O) groups excluding carboxylic acids is 1. The minimum Gasteiger partial charge on any atom is -0.445 e. The van der Waals surface area contributed by atoms with Gasteiger partial charge < -0.3 is 9.64 Å². The van der Waals surface area contributed by atoms with Crippen molar-refractivity contribution in [1.82, 2.24) is 4.90 Å². The summed E-state index contributed by atoms with van der Waals surface area (Å²) in [4.78, 5) is 13.0. The number of hydrogen-bond acceptors (Lipinski definition) is 4. The fourth-order valence-corrected chi connectivity index (χ4v) is 2.95. The van der Waals surface area contributed by atoms with Crippen LogP contribution in [0.3, 0.4) is 0 Å². The summed E-state index contributed by atoms with van der Waals surface area (Å²) < 4.78 is 38.2. The Labute approximate surface area is 148 Å². The second kappa shape index (κ2) is 7.01. The SMILES string of the molecule is O=C(OCC(Cl)(Cl)Cl)N1CCc2ccc(S(=O)(=O)F)cc2CC1. The number of ether oxygens (including phenoxy) is 1. The summed E-state index contributed by atoms with van der Waals surface area (Å²) in [6.07, 6.45) is 0.245. The van der Waals surface area contributed by atoms with Crippen molar-refractivity contribution in [1.29, 1.82) is 0 Å². The molecule has 5 nitrogen and oxygen atoms in total. The lowest BCUT2D eigenvalue weighted by atomic mass is 10.0. The quantitative estimate of drug-likeness (QED) is 0.561. The Hall–Kier alpha value is -0.760. The van der Waals surface area contributed by atoms with Crippen molar-refractivity contribution in [2.75, 3.05) is 19.7 Å². The van der Waals surface area contributed by atoms with Gasteiger partial charge in [0.1, 0.15) is 6.61 Å². The Balaban J connectivity index is 2.07. The van der Waals surface area contributed by atoms with Crippen molar-refractivity contribution >= 4 is 51.1 Å². The average Bonchev–Trinajstić information content (AvgIpc) is 2.64. The van der Waals surface area contributed by atoms with Crippen molar-refractivity contribution in [3.8, 4) is 0 Å². The van der Waals surface area contributed by atoms with E-state index in [2.05, 4.69) is 0 Å². The first-order valence-corrected chi connectivity index (χ1v) is 9.13. The van der Waals surface area contributed by atoms with Crippen molar-refractivity contribution in [2.24, 2.45) is 0 Å². The first-order valence-electron chi connectivity index (χ1n) is 6.61. The summed E-state index contributed by atoms with van der Waals surface area (Å²) in [5, 5.41) is 0. The zero-order chi connectivity index (χ0) is 17.3. The van der Waals surface area contributed by atoms with Crippen LogP contribution in [0.15, 0.2) is 23.1 Å². The molecule has 1 aliphatic rings. The summed E-state index contributed by atoms with van der Waals surface area (Å²) in [6.45, 7) is 0.291. The highest BCUT2D eigenvalue weighted by Crippen LogP contribution is 2.26. The number of amides is 1. The van der Waals surface area contributed by atoms with E-state index in [1.807, 2.05) is 0 Å². The third-order valence-corrected chi connectivity index (χ3v) is 4.52. The van der Waals surface area contributed by atoms with Gasteiger partial charge in [0.15, 0.2) is 0 Å². The maximum atomic E-state index is 13.1. The van der Waals surface area contributed by atoms with Gasteiger partial charge in [-0.3, -0.25) is 0 Å². The van der Waals surface area contributed by atoms with E-state index in [4.69, 9.17) is 39.5 Å². The molecule has 1 aromatic carbocycles. The van der Waals surface area contributed by atoms with Crippen LogP contribution >= 0.6 is 34.8 Å². The molecule has 1 aromatic rings. The normalized spacial score (nSPS) is 15.7. The summed E-state index contributed by atoms with van der Waals surface area (Å²) in [6, 6.07) is 4.06. The molecule has 10 heteroatoms. The standard InChI is InChI=1S/C13H13Cl3FNO4S/c14-13(15,16)8-22-12(19)18-5-3-9-1-2-11(23(17,20)21)7-10(9)4-6-18/h1-2,7H,3-6,8H2. The zero-order valence-corrected chi connectivity index (χ0v) is 14.9. The van der Waals surface area contributed by atoms with Gasteiger partial charge in [-0.05, 0) is 36.1 Å². The van der Waals surface area contributed by atoms with Crippen LogP contribution in [-0.2, 0) is 27.8 Å². The smallest absolute Gasteiger partial charge is 0.409 e. The number of nitrogens with zero attached hydrogens (tertiary/aromatic N) is 1. The zero-order valence-electron chi connectivity index (χ0n) is 11.8. The number of fused-ring (bicyclic) bond motifs is 1. The minimum absolute atomic E-state index is 0.293. The van der Waals surface area contributed by atoms with E-state index in [9.17, 15) is 17.1 Å². The van der Waals surface area contributed by atoms with Gasteiger partial charge in [0.25, 0.3) is 0 Å². The molecule has 0 aromatic heterocycles. The fourth-order valence-electron chi connectivity index (χ4n) is 2.27. The van der Waals surface area contributed by atoms with Gasteiger partial charge in [0.2, 0.25) is 3.79 Å². The van der Waals surface area contributed by atoms with E-state index in [0.717, 1.165) is 5.56 Å². The van der Waals surface area contributed by atoms with Crippen LogP contribution in [0.25, 0.3) is 0 Å². The molecule has 1 amide bonds. The van der Waals surface area contributed by atoms with Crippen molar-refractivity contribution in [3.05, 3.63) is 29.3 Å². The van der Waals surface area contributed by atoms with Crippen LogP contribution in [0.5, 0.6) is 0 Å². The first-order chi connectivity index (χ1) is 10.6. The number of alkyl halides is 3. The highest BCUT2D eigenvalue weighted by atomic mass is 35.6. The van der Waals surface area contributed by atoms with E-state index in [1.54, 1.807) is 6.07 Å². The van der Waals surface area contributed by atoms with Crippen molar-refractivity contribution < 1.29 is 21.8 Å². The number of hydrogen-bond donors (Lipinski definition) is 0. The van der Waals surface area contributed by atoms with Gasteiger partial charge in [-0.1, -0.05) is 40.9 Å². The lowest BCUT2D eigenvalue weighted by Crippen LogP contribution is -2.35. The van der Waals surface area contributed by atoms with E-state index < -0.39 is 20.1 Å². The van der Waals surface area contributed by atoms with E-state index in [0.29, 0.717) is 31.5 Å². The second-order valence-corrected chi connectivity index (χ2v) is 8.89. The third kappa shape index (κ3) is 5.38. The topological polar surface area (TPSA) is 63.7 Å². The minimum atomic E-state index is -4.75. The molecule has 0 spiro atoms. The Morgan fingerprint density at radius 2 is 1.83 bits per heavy atom. The molecule has 1 heterocycles. The summed E-state index contributed by atoms with van der Waals surface area (Å²) in [5.74, 6) is 0. The van der Waals surface area contributed by atoms with Crippen molar-refractivity contribution in [3.63, 3.8) is 0 Å². The molecule has 0 saturated heterocycles. The molecule has 23 heavy (non-hydrogen) atoms. The molecule has 0 aliphatic carbocycles. The van der Waals surface area contributed by atoms with E-state index in [1.165, 1.54) is 17.0 Å². The third-order valence-electron chi connectivity index (χ3n) is 3.38. The highest BCUT2D eigenvalue weighted by Gasteiger charge is 2.26. The average molecular weight is 405 g/mol. The molecule has 0 unspecified atom stereocenters.